The average molecular weight is 353 g/mol. The van der Waals surface area contributed by atoms with E-state index in [4.69, 9.17) is 4.74 Å². The summed E-state index contributed by atoms with van der Waals surface area (Å²) in [5.74, 6) is -1.08. The number of esters is 1. The fourth-order valence-electron chi connectivity index (χ4n) is 2.83. The second-order valence-corrected chi connectivity index (χ2v) is 7.12. The van der Waals surface area contributed by atoms with Gasteiger partial charge in [-0.3, -0.25) is 14.2 Å². The number of rotatable bonds is 3. The predicted molar refractivity (Wildman–Crippen MR) is 97.6 cm³/mol. The number of ether oxygens (including phenoxy) is 1. The number of halogens is 1. The molecule has 0 amide bonds. The summed E-state index contributed by atoms with van der Waals surface area (Å²) in [4.78, 5) is 25.0. The van der Waals surface area contributed by atoms with Gasteiger partial charge in [0.05, 0.1) is 11.9 Å². The van der Waals surface area contributed by atoms with Crippen molar-refractivity contribution in [3.8, 4) is 0 Å². The van der Waals surface area contributed by atoms with E-state index >= 15 is 0 Å². The maximum absolute atomic E-state index is 13.7. The first-order valence-electron chi connectivity index (χ1n) is 8.36. The molecule has 134 valence electrons. The molecule has 0 unspecified atom stereocenters. The minimum absolute atomic E-state index is 0.0354. The van der Waals surface area contributed by atoms with E-state index in [0.717, 1.165) is 0 Å². The van der Waals surface area contributed by atoms with Crippen molar-refractivity contribution >= 4 is 22.8 Å². The van der Waals surface area contributed by atoms with Gasteiger partial charge in [0.2, 0.25) is 0 Å². The Morgan fingerprint density at radius 1 is 1.08 bits per heavy atom. The maximum atomic E-state index is 13.7. The third-order valence-electron chi connectivity index (χ3n) is 3.84. The van der Waals surface area contributed by atoms with Gasteiger partial charge in [0.15, 0.2) is 0 Å². The standard InChI is InChI=1S/C21H20FNO3/c1-21(2,3)26-19(24)11-15-13-23(18-10-9-16(22)12-17(15)18)20(25)14-7-5-4-6-8-14/h4-10,12-13H,11H2,1-3H3. The van der Waals surface area contributed by atoms with Gasteiger partial charge in [0.1, 0.15) is 11.4 Å². The molecule has 1 heterocycles. The molecule has 2 aromatic carbocycles. The maximum Gasteiger partial charge on any atom is 0.310 e. The fraction of sp³-hybridized carbons (Fsp3) is 0.238. The highest BCUT2D eigenvalue weighted by molar-refractivity contribution is 6.03. The van der Waals surface area contributed by atoms with Crippen molar-refractivity contribution in [2.75, 3.05) is 0 Å². The van der Waals surface area contributed by atoms with Crippen LogP contribution in [0.5, 0.6) is 0 Å². The highest BCUT2D eigenvalue weighted by Crippen LogP contribution is 2.25. The highest BCUT2D eigenvalue weighted by Gasteiger charge is 2.21. The molecule has 0 bridgehead atoms. The third-order valence-corrected chi connectivity index (χ3v) is 3.84. The van der Waals surface area contributed by atoms with Crippen LogP contribution in [0.4, 0.5) is 4.39 Å². The van der Waals surface area contributed by atoms with Crippen molar-refractivity contribution in [2.45, 2.75) is 32.8 Å². The van der Waals surface area contributed by atoms with Crippen LogP contribution in [0.1, 0.15) is 36.7 Å². The summed E-state index contributed by atoms with van der Waals surface area (Å²) in [5.41, 5.74) is 1.01. The molecule has 3 aromatic rings. The first kappa shape index (κ1) is 17.9. The molecular formula is C21H20FNO3. The molecule has 3 rings (SSSR count). The zero-order chi connectivity index (χ0) is 18.9. The van der Waals surface area contributed by atoms with Crippen molar-refractivity contribution in [1.82, 2.24) is 4.57 Å². The molecule has 0 aliphatic carbocycles. The number of aromatic nitrogens is 1. The zero-order valence-corrected chi connectivity index (χ0v) is 15.0. The topological polar surface area (TPSA) is 48.3 Å². The molecule has 26 heavy (non-hydrogen) atoms. The van der Waals surface area contributed by atoms with Gasteiger partial charge >= 0.3 is 5.97 Å². The molecule has 0 aliphatic heterocycles. The second-order valence-electron chi connectivity index (χ2n) is 7.12. The Morgan fingerprint density at radius 3 is 2.42 bits per heavy atom. The first-order valence-corrected chi connectivity index (χ1v) is 8.36. The number of fused-ring (bicyclic) bond motifs is 1. The molecule has 0 aliphatic rings. The molecular weight excluding hydrogens is 333 g/mol. The summed E-state index contributed by atoms with van der Waals surface area (Å²) in [6.07, 6.45) is 1.55. The minimum atomic E-state index is -0.611. The molecule has 0 atom stereocenters. The molecule has 4 nitrogen and oxygen atoms in total. The summed E-state index contributed by atoms with van der Waals surface area (Å²) >= 11 is 0. The van der Waals surface area contributed by atoms with E-state index in [0.29, 0.717) is 22.0 Å². The van der Waals surface area contributed by atoms with Crippen LogP contribution < -0.4 is 0 Å². The van der Waals surface area contributed by atoms with Crippen LogP contribution in [-0.4, -0.2) is 22.0 Å². The van der Waals surface area contributed by atoms with Crippen molar-refractivity contribution in [3.63, 3.8) is 0 Å². The summed E-state index contributed by atoms with van der Waals surface area (Å²) in [5, 5.41) is 0.528. The lowest BCUT2D eigenvalue weighted by molar-refractivity contribution is -0.153. The minimum Gasteiger partial charge on any atom is -0.460 e. The molecule has 1 aromatic heterocycles. The van der Waals surface area contributed by atoms with Crippen LogP contribution in [0.2, 0.25) is 0 Å². The SMILES string of the molecule is CC(C)(C)OC(=O)Cc1cn(C(=O)c2ccccc2)c2ccc(F)cc12. The number of benzene rings is 2. The van der Waals surface area contributed by atoms with Crippen molar-refractivity contribution < 1.29 is 18.7 Å². The Hall–Kier alpha value is -2.95. The third kappa shape index (κ3) is 3.82. The van der Waals surface area contributed by atoms with E-state index in [1.807, 2.05) is 6.07 Å². The van der Waals surface area contributed by atoms with E-state index < -0.39 is 17.4 Å². The smallest absolute Gasteiger partial charge is 0.310 e. The number of carbonyl (C=O) groups excluding carboxylic acids is 2. The number of hydrogen-bond donors (Lipinski definition) is 0. The van der Waals surface area contributed by atoms with Crippen molar-refractivity contribution in [2.24, 2.45) is 0 Å². The summed E-state index contributed by atoms with van der Waals surface area (Å²) < 4.78 is 20.5. The predicted octanol–water partition coefficient (Wildman–Crippen LogP) is 4.35. The molecule has 0 saturated carbocycles. The van der Waals surface area contributed by atoms with Gasteiger partial charge < -0.3 is 4.74 Å². The van der Waals surface area contributed by atoms with Crippen LogP contribution in [-0.2, 0) is 16.0 Å². The number of carbonyl (C=O) groups is 2. The van der Waals surface area contributed by atoms with Gasteiger partial charge in [-0.25, -0.2) is 4.39 Å². The molecule has 0 spiro atoms. The van der Waals surface area contributed by atoms with Crippen LogP contribution in [0.3, 0.4) is 0 Å². The van der Waals surface area contributed by atoms with Crippen LogP contribution in [0.25, 0.3) is 10.9 Å². The number of nitrogens with zero attached hydrogens (tertiary/aromatic N) is 1. The van der Waals surface area contributed by atoms with Gasteiger partial charge in [0, 0.05) is 17.1 Å². The van der Waals surface area contributed by atoms with Crippen LogP contribution in [0, 0.1) is 5.82 Å². The summed E-state index contributed by atoms with van der Waals surface area (Å²) in [7, 11) is 0. The average Bonchev–Trinajstić information content (AvgIpc) is 2.91. The van der Waals surface area contributed by atoms with Crippen LogP contribution in [0.15, 0.2) is 54.7 Å². The van der Waals surface area contributed by atoms with Gasteiger partial charge in [-0.2, -0.15) is 0 Å². The molecule has 5 heteroatoms. The Bertz CT molecular complexity index is 968. The van der Waals surface area contributed by atoms with E-state index in [9.17, 15) is 14.0 Å². The van der Waals surface area contributed by atoms with E-state index in [-0.39, 0.29) is 12.3 Å². The summed E-state index contributed by atoms with van der Waals surface area (Å²) in [6, 6.07) is 13.0. The van der Waals surface area contributed by atoms with Crippen molar-refractivity contribution in [3.05, 3.63) is 71.7 Å². The fourth-order valence-corrected chi connectivity index (χ4v) is 2.83. The van der Waals surface area contributed by atoms with Gasteiger partial charge in [-0.1, -0.05) is 18.2 Å². The molecule has 0 radical (unpaired) electrons. The largest absolute Gasteiger partial charge is 0.460 e. The quantitative estimate of drug-likeness (QED) is 0.658. The second kappa shape index (κ2) is 6.75. The lowest BCUT2D eigenvalue weighted by Crippen LogP contribution is -2.24. The highest BCUT2D eigenvalue weighted by atomic mass is 19.1. The molecule has 0 N–H and O–H groups in total. The summed E-state index contributed by atoms with van der Waals surface area (Å²) in [6.45, 7) is 5.35. The first-order chi connectivity index (χ1) is 12.2. The Labute approximate surface area is 151 Å². The number of hydrogen-bond acceptors (Lipinski definition) is 3. The van der Waals surface area contributed by atoms with E-state index in [2.05, 4.69) is 0 Å². The Balaban J connectivity index is 2.03. The molecule has 0 fully saturated rings. The Morgan fingerprint density at radius 2 is 1.77 bits per heavy atom. The lowest BCUT2D eigenvalue weighted by Gasteiger charge is -2.19. The van der Waals surface area contributed by atoms with Crippen molar-refractivity contribution in [1.29, 1.82) is 0 Å². The van der Waals surface area contributed by atoms with Gasteiger partial charge in [0.25, 0.3) is 5.91 Å². The molecule has 0 saturated heterocycles. The normalized spacial score (nSPS) is 11.5. The van der Waals surface area contributed by atoms with E-state index in [1.165, 1.54) is 16.7 Å². The van der Waals surface area contributed by atoms with Crippen LogP contribution >= 0.6 is 0 Å². The van der Waals surface area contributed by atoms with Gasteiger partial charge in [-0.15, -0.1) is 0 Å². The monoisotopic (exact) mass is 353 g/mol. The zero-order valence-electron chi connectivity index (χ0n) is 15.0. The lowest BCUT2D eigenvalue weighted by atomic mass is 10.1. The van der Waals surface area contributed by atoms with Gasteiger partial charge in [-0.05, 0) is 56.7 Å². The van der Waals surface area contributed by atoms with E-state index in [1.54, 1.807) is 57.3 Å². The Kier molecular flexibility index (Phi) is 4.64.